The Labute approximate surface area is 128 Å². The summed E-state index contributed by atoms with van der Waals surface area (Å²) in [5.41, 5.74) is 1.32. The van der Waals surface area contributed by atoms with Crippen molar-refractivity contribution in [2.75, 3.05) is 31.1 Å². The SMILES string of the molecule is CCCc1cncnc1N1C[C@@H]2CC[C@H](C1)N(CCC)C2. The zero-order chi connectivity index (χ0) is 14.7. The van der Waals surface area contributed by atoms with Gasteiger partial charge in [0.15, 0.2) is 0 Å². The van der Waals surface area contributed by atoms with Crippen molar-refractivity contribution in [1.29, 1.82) is 0 Å². The fraction of sp³-hybridized carbons (Fsp3) is 0.765. The Morgan fingerprint density at radius 1 is 1.14 bits per heavy atom. The highest BCUT2D eigenvalue weighted by Crippen LogP contribution is 2.31. The highest BCUT2D eigenvalue weighted by molar-refractivity contribution is 5.46. The van der Waals surface area contributed by atoms with Crippen molar-refractivity contribution in [2.24, 2.45) is 5.92 Å². The van der Waals surface area contributed by atoms with Gasteiger partial charge in [-0.25, -0.2) is 9.97 Å². The topological polar surface area (TPSA) is 32.3 Å². The molecule has 116 valence electrons. The molecule has 0 saturated carbocycles. The third kappa shape index (κ3) is 3.20. The van der Waals surface area contributed by atoms with E-state index in [1.807, 2.05) is 6.20 Å². The first-order valence-corrected chi connectivity index (χ1v) is 8.59. The summed E-state index contributed by atoms with van der Waals surface area (Å²) in [7, 11) is 0. The van der Waals surface area contributed by atoms with Crippen LogP contribution in [0.5, 0.6) is 0 Å². The van der Waals surface area contributed by atoms with Crippen LogP contribution in [-0.4, -0.2) is 47.1 Å². The fourth-order valence-corrected chi connectivity index (χ4v) is 4.00. The van der Waals surface area contributed by atoms with Crippen LogP contribution in [0.3, 0.4) is 0 Å². The minimum atomic E-state index is 0.716. The molecule has 2 bridgehead atoms. The molecule has 3 aliphatic rings. The van der Waals surface area contributed by atoms with E-state index < -0.39 is 0 Å². The van der Waals surface area contributed by atoms with Crippen molar-refractivity contribution < 1.29 is 0 Å². The average Bonchev–Trinajstić information content (AvgIpc) is 2.80. The van der Waals surface area contributed by atoms with Crippen molar-refractivity contribution in [1.82, 2.24) is 14.9 Å². The second kappa shape index (κ2) is 6.73. The van der Waals surface area contributed by atoms with Crippen LogP contribution in [0.15, 0.2) is 12.5 Å². The van der Waals surface area contributed by atoms with E-state index in [-0.39, 0.29) is 0 Å². The quantitative estimate of drug-likeness (QED) is 0.834. The normalized spacial score (nSPS) is 26.1. The van der Waals surface area contributed by atoms with Crippen LogP contribution in [-0.2, 0) is 6.42 Å². The largest absolute Gasteiger partial charge is 0.354 e. The summed E-state index contributed by atoms with van der Waals surface area (Å²) in [4.78, 5) is 14.1. The number of fused-ring (bicyclic) bond motifs is 4. The van der Waals surface area contributed by atoms with Gasteiger partial charge in [-0.15, -0.1) is 0 Å². The van der Waals surface area contributed by atoms with E-state index >= 15 is 0 Å². The maximum absolute atomic E-state index is 4.63. The molecule has 1 aromatic heterocycles. The van der Waals surface area contributed by atoms with Gasteiger partial charge in [0.1, 0.15) is 12.1 Å². The van der Waals surface area contributed by atoms with E-state index in [9.17, 15) is 0 Å². The van der Waals surface area contributed by atoms with Gasteiger partial charge in [0.2, 0.25) is 0 Å². The molecule has 0 N–H and O–H groups in total. The Morgan fingerprint density at radius 3 is 2.86 bits per heavy atom. The van der Waals surface area contributed by atoms with Crippen LogP contribution < -0.4 is 4.90 Å². The summed E-state index contributed by atoms with van der Waals surface area (Å²) < 4.78 is 0. The first-order chi connectivity index (χ1) is 10.3. The molecule has 4 heterocycles. The Kier molecular flexibility index (Phi) is 4.73. The Hall–Kier alpha value is -1.16. The minimum absolute atomic E-state index is 0.716. The van der Waals surface area contributed by atoms with Crippen LogP contribution in [0.4, 0.5) is 5.82 Å². The Bertz CT molecular complexity index is 462. The monoisotopic (exact) mass is 288 g/mol. The number of anilines is 1. The smallest absolute Gasteiger partial charge is 0.135 e. The third-order valence-corrected chi connectivity index (χ3v) is 4.92. The van der Waals surface area contributed by atoms with E-state index in [0.29, 0.717) is 6.04 Å². The number of hydrogen-bond acceptors (Lipinski definition) is 4. The number of aromatic nitrogens is 2. The molecule has 0 aliphatic carbocycles. The second-order valence-electron chi connectivity index (χ2n) is 6.62. The lowest BCUT2D eigenvalue weighted by Crippen LogP contribution is -2.44. The highest BCUT2D eigenvalue weighted by Gasteiger charge is 2.35. The first kappa shape index (κ1) is 14.8. The Morgan fingerprint density at radius 2 is 2.05 bits per heavy atom. The first-order valence-electron chi connectivity index (χ1n) is 8.59. The lowest BCUT2D eigenvalue weighted by molar-refractivity contribution is 0.134. The third-order valence-electron chi connectivity index (χ3n) is 4.92. The van der Waals surface area contributed by atoms with Crippen molar-refractivity contribution >= 4 is 5.82 Å². The lowest BCUT2D eigenvalue weighted by atomic mass is 9.95. The van der Waals surface area contributed by atoms with E-state index in [0.717, 1.165) is 25.3 Å². The predicted octanol–water partition coefficient (Wildman–Crippen LogP) is 2.74. The molecular formula is C17H28N4. The van der Waals surface area contributed by atoms with Gasteiger partial charge in [0.25, 0.3) is 0 Å². The van der Waals surface area contributed by atoms with Crippen LogP contribution in [0, 0.1) is 5.92 Å². The molecule has 3 saturated heterocycles. The summed E-state index contributed by atoms with van der Waals surface area (Å²) in [6.45, 7) is 9.37. The van der Waals surface area contributed by atoms with Gasteiger partial charge < -0.3 is 4.90 Å². The maximum atomic E-state index is 4.63. The number of nitrogens with zero attached hydrogens (tertiary/aromatic N) is 4. The van der Waals surface area contributed by atoms with Crippen LogP contribution >= 0.6 is 0 Å². The molecule has 0 aromatic carbocycles. The lowest BCUT2D eigenvalue weighted by Gasteiger charge is -2.35. The average molecular weight is 288 g/mol. The molecule has 4 nitrogen and oxygen atoms in total. The van der Waals surface area contributed by atoms with Gasteiger partial charge in [-0.3, -0.25) is 4.90 Å². The van der Waals surface area contributed by atoms with E-state index in [2.05, 4.69) is 33.6 Å². The number of aryl methyl sites for hydroxylation is 1. The van der Waals surface area contributed by atoms with Crippen molar-refractivity contribution in [3.63, 3.8) is 0 Å². The van der Waals surface area contributed by atoms with Crippen molar-refractivity contribution in [3.05, 3.63) is 18.1 Å². The molecule has 21 heavy (non-hydrogen) atoms. The van der Waals surface area contributed by atoms with E-state index in [1.165, 1.54) is 50.3 Å². The van der Waals surface area contributed by atoms with E-state index in [4.69, 9.17) is 0 Å². The zero-order valence-corrected chi connectivity index (χ0v) is 13.5. The van der Waals surface area contributed by atoms with E-state index in [1.54, 1.807) is 6.33 Å². The number of hydrogen-bond donors (Lipinski definition) is 0. The van der Waals surface area contributed by atoms with Gasteiger partial charge in [0, 0.05) is 37.4 Å². The van der Waals surface area contributed by atoms with Gasteiger partial charge in [-0.1, -0.05) is 20.3 Å². The van der Waals surface area contributed by atoms with Crippen molar-refractivity contribution in [2.45, 2.75) is 52.0 Å². The molecule has 4 heteroatoms. The fourth-order valence-electron chi connectivity index (χ4n) is 4.00. The Balaban J connectivity index is 1.81. The molecule has 4 rings (SSSR count). The molecule has 3 aliphatic heterocycles. The van der Waals surface area contributed by atoms with Crippen molar-refractivity contribution in [3.8, 4) is 0 Å². The molecule has 0 unspecified atom stereocenters. The molecule has 0 amide bonds. The summed E-state index contributed by atoms with van der Waals surface area (Å²) in [6.07, 6.45) is 9.97. The summed E-state index contributed by atoms with van der Waals surface area (Å²) in [5, 5.41) is 0. The zero-order valence-electron chi connectivity index (χ0n) is 13.5. The summed E-state index contributed by atoms with van der Waals surface area (Å²) in [6, 6.07) is 0.716. The highest BCUT2D eigenvalue weighted by atomic mass is 15.3. The van der Waals surface area contributed by atoms with Crippen LogP contribution in [0.2, 0.25) is 0 Å². The molecule has 0 spiro atoms. The molecular weight excluding hydrogens is 260 g/mol. The minimum Gasteiger partial charge on any atom is -0.354 e. The molecule has 0 radical (unpaired) electrons. The molecule has 2 atom stereocenters. The molecule has 3 fully saturated rings. The number of rotatable bonds is 5. The van der Waals surface area contributed by atoms with Gasteiger partial charge in [-0.2, -0.15) is 0 Å². The van der Waals surface area contributed by atoms with Crippen LogP contribution in [0.1, 0.15) is 45.1 Å². The summed E-state index contributed by atoms with van der Waals surface area (Å²) >= 11 is 0. The van der Waals surface area contributed by atoms with Gasteiger partial charge >= 0.3 is 0 Å². The maximum Gasteiger partial charge on any atom is 0.135 e. The number of piperidine rings is 1. The molecule has 1 aromatic rings. The standard InChI is InChI=1S/C17H28N4/c1-3-5-15-9-18-13-19-17(15)21-11-14-6-7-16(12-21)20(10-14)8-4-2/h9,13-14,16H,3-8,10-12H2,1-2H3/t14-,16-/m1/s1. The predicted molar refractivity (Wildman–Crippen MR) is 86.6 cm³/mol. The second-order valence-corrected chi connectivity index (χ2v) is 6.62. The summed E-state index contributed by atoms with van der Waals surface area (Å²) in [5.74, 6) is 2.00. The van der Waals surface area contributed by atoms with Crippen LogP contribution in [0.25, 0.3) is 0 Å². The van der Waals surface area contributed by atoms with Gasteiger partial charge in [0.05, 0.1) is 0 Å². The van der Waals surface area contributed by atoms with Gasteiger partial charge in [-0.05, 0) is 38.1 Å².